The van der Waals surface area contributed by atoms with Crippen LogP contribution in [-0.4, -0.2) is 11.7 Å². The molecule has 0 saturated carbocycles. The van der Waals surface area contributed by atoms with Crippen LogP contribution in [0.5, 0.6) is 5.75 Å². The predicted molar refractivity (Wildman–Crippen MR) is 66.8 cm³/mol. The summed E-state index contributed by atoms with van der Waals surface area (Å²) in [4.78, 5) is 0. The van der Waals surface area contributed by atoms with E-state index in [1.165, 1.54) is 12.8 Å². The average Bonchev–Trinajstić information content (AvgIpc) is 2.26. The number of ether oxygens (including phenoxy) is 1. The smallest absolute Gasteiger partial charge is 0.125 e. The molecule has 0 aliphatic heterocycles. The summed E-state index contributed by atoms with van der Waals surface area (Å²) >= 11 is 0. The molecule has 2 heteroatoms. The first-order valence-electron chi connectivity index (χ1n) is 6.06. The first kappa shape index (κ1) is 13.0. The minimum atomic E-state index is -0.471. The van der Waals surface area contributed by atoms with Gasteiger partial charge in [0.05, 0.1) is 12.7 Å². The Balaban J connectivity index is 2.64. The SMILES string of the molecule is CCCCCOc1ccc(C)cc1[C@@H](C)O. The third kappa shape index (κ3) is 3.86. The summed E-state index contributed by atoms with van der Waals surface area (Å²) in [6.45, 7) is 6.70. The van der Waals surface area contributed by atoms with E-state index in [0.29, 0.717) is 0 Å². The van der Waals surface area contributed by atoms with Crippen LogP contribution in [0.25, 0.3) is 0 Å². The number of aliphatic hydroxyl groups is 1. The highest BCUT2D eigenvalue weighted by Gasteiger charge is 2.08. The van der Waals surface area contributed by atoms with E-state index in [9.17, 15) is 5.11 Å². The standard InChI is InChI=1S/C14H22O2/c1-4-5-6-9-16-14-8-7-11(2)10-13(14)12(3)15/h7-8,10,12,15H,4-6,9H2,1-3H3/t12-/m1/s1. The van der Waals surface area contributed by atoms with E-state index in [1.54, 1.807) is 6.92 Å². The van der Waals surface area contributed by atoms with Crippen molar-refractivity contribution < 1.29 is 9.84 Å². The summed E-state index contributed by atoms with van der Waals surface area (Å²) in [5.74, 6) is 0.816. The molecule has 1 atom stereocenters. The monoisotopic (exact) mass is 222 g/mol. The molecule has 0 spiro atoms. The second-order valence-corrected chi connectivity index (χ2v) is 4.27. The molecule has 0 unspecified atom stereocenters. The quantitative estimate of drug-likeness (QED) is 0.745. The van der Waals surface area contributed by atoms with E-state index in [4.69, 9.17) is 4.74 Å². The summed E-state index contributed by atoms with van der Waals surface area (Å²) in [5, 5.41) is 9.65. The van der Waals surface area contributed by atoms with Crippen molar-refractivity contribution in [3.63, 3.8) is 0 Å². The second-order valence-electron chi connectivity index (χ2n) is 4.27. The molecule has 2 nitrogen and oxygen atoms in total. The minimum Gasteiger partial charge on any atom is -0.493 e. The van der Waals surface area contributed by atoms with Crippen LogP contribution < -0.4 is 4.74 Å². The average molecular weight is 222 g/mol. The molecule has 0 amide bonds. The van der Waals surface area contributed by atoms with Crippen LogP contribution in [-0.2, 0) is 0 Å². The maximum Gasteiger partial charge on any atom is 0.125 e. The first-order chi connectivity index (χ1) is 7.65. The normalized spacial score (nSPS) is 12.5. The van der Waals surface area contributed by atoms with Crippen molar-refractivity contribution in [2.24, 2.45) is 0 Å². The number of benzene rings is 1. The Hall–Kier alpha value is -1.02. The highest BCUT2D eigenvalue weighted by atomic mass is 16.5. The largest absolute Gasteiger partial charge is 0.493 e. The number of aryl methyl sites for hydroxylation is 1. The third-order valence-corrected chi connectivity index (χ3v) is 2.62. The highest BCUT2D eigenvalue weighted by molar-refractivity contribution is 5.38. The Morgan fingerprint density at radius 3 is 2.69 bits per heavy atom. The lowest BCUT2D eigenvalue weighted by atomic mass is 10.1. The number of unbranched alkanes of at least 4 members (excludes halogenated alkanes) is 2. The van der Waals surface area contributed by atoms with Crippen LogP contribution in [0.4, 0.5) is 0 Å². The lowest BCUT2D eigenvalue weighted by molar-refractivity contribution is 0.190. The number of hydrogen-bond acceptors (Lipinski definition) is 2. The number of aliphatic hydroxyl groups excluding tert-OH is 1. The molecule has 0 bridgehead atoms. The van der Waals surface area contributed by atoms with Crippen LogP contribution >= 0.6 is 0 Å². The fourth-order valence-corrected chi connectivity index (χ4v) is 1.66. The minimum absolute atomic E-state index is 0.471. The van der Waals surface area contributed by atoms with E-state index in [-0.39, 0.29) is 0 Å². The van der Waals surface area contributed by atoms with E-state index in [0.717, 1.165) is 29.9 Å². The molecule has 1 aromatic carbocycles. The van der Waals surface area contributed by atoms with Crippen LogP contribution in [0.2, 0.25) is 0 Å². The Morgan fingerprint density at radius 2 is 2.06 bits per heavy atom. The first-order valence-corrected chi connectivity index (χ1v) is 6.06. The predicted octanol–water partition coefficient (Wildman–Crippen LogP) is 3.62. The summed E-state index contributed by atoms with van der Waals surface area (Å²) in [6, 6.07) is 5.95. The van der Waals surface area contributed by atoms with Gasteiger partial charge in [0.2, 0.25) is 0 Å². The Labute approximate surface area is 98.3 Å². The van der Waals surface area contributed by atoms with Crippen LogP contribution in [0, 0.1) is 6.92 Å². The Kier molecular flexibility index (Phi) is 5.33. The molecule has 0 fully saturated rings. The van der Waals surface area contributed by atoms with Crippen LogP contribution in [0.3, 0.4) is 0 Å². The lowest BCUT2D eigenvalue weighted by Gasteiger charge is -2.14. The van der Waals surface area contributed by atoms with Gasteiger partial charge in [0.1, 0.15) is 5.75 Å². The van der Waals surface area contributed by atoms with Crippen molar-refractivity contribution >= 4 is 0 Å². The van der Waals surface area contributed by atoms with Gasteiger partial charge in [0, 0.05) is 5.56 Å². The zero-order chi connectivity index (χ0) is 12.0. The molecule has 0 aromatic heterocycles. The van der Waals surface area contributed by atoms with E-state index < -0.39 is 6.10 Å². The molecule has 0 aliphatic rings. The van der Waals surface area contributed by atoms with E-state index in [1.807, 2.05) is 25.1 Å². The molecule has 90 valence electrons. The van der Waals surface area contributed by atoms with E-state index in [2.05, 4.69) is 6.92 Å². The number of hydrogen-bond donors (Lipinski definition) is 1. The van der Waals surface area contributed by atoms with Gasteiger partial charge < -0.3 is 9.84 Å². The topological polar surface area (TPSA) is 29.5 Å². The molecule has 0 heterocycles. The summed E-state index contributed by atoms with van der Waals surface area (Å²) in [6.07, 6.45) is 2.99. The zero-order valence-electron chi connectivity index (χ0n) is 10.5. The summed E-state index contributed by atoms with van der Waals surface area (Å²) < 4.78 is 5.70. The van der Waals surface area contributed by atoms with Crippen LogP contribution in [0.1, 0.15) is 50.3 Å². The van der Waals surface area contributed by atoms with Crippen molar-refractivity contribution in [2.75, 3.05) is 6.61 Å². The third-order valence-electron chi connectivity index (χ3n) is 2.62. The van der Waals surface area contributed by atoms with Crippen molar-refractivity contribution in [1.29, 1.82) is 0 Å². The van der Waals surface area contributed by atoms with Gasteiger partial charge in [-0.15, -0.1) is 0 Å². The Morgan fingerprint density at radius 1 is 1.31 bits per heavy atom. The maximum atomic E-state index is 9.65. The van der Waals surface area contributed by atoms with Gasteiger partial charge in [-0.3, -0.25) is 0 Å². The van der Waals surface area contributed by atoms with Gasteiger partial charge in [-0.2, -0.15) is 0 Å². The molecular weight excluding hydrogens is 200 g/mol. The molecule has 0 saturated heterocycles. The van der Waals surface area contributed by atoms with Gasteiger partial charge in [-0.1, -0.05) is 31.4 Å². The Bertz CT molecular complexity index is 319. The second kappa shape index (κ2) is 6.54. The van der Waals surface area contributed by atoms with Crippen molar-refractivity contribution in [3.8, 4) is 5.75 Å². The van der Waals surface area contributed by atoms with Gasteiger partial charge in [0.15, 0.2) is 0 Å². The lowest BCUT2D eigenvalue weighted by Crippen LogP contribution is -2.02. The summed E-state index contributed by atoms with van der Waals surface area (Å²) in [7, 11) is 0. The fraction of sp³-hybridized carbons (Fsp3) is 0.571. The molecular formula is C14H22O2. The van der Waals surface area contributed by atoms with Crippen molar-refractivity contribution in [1.82, 2.24) is 0 Å². The fourth-order valence-electron chi connectivity index (χ4n) is 1.66. The molecule has 1 rings (SSSR count). The number of rotatable bonds is 6. The molecule has 1 N–H and O–H groups in total. The van der Waals surface area contributed by atoms with Crippen molar-refractivity contribution in [3.05, 3.63) is 29.3 Å². The molecule has 16 heavy (non-hydrogen) atoms. The molecule has 0 radical (unpaired) electrons. The zero-order valence-corrected chi connectivity index (χ0v) is 10.5. The van der Waals surface area contributed by atoms with Gasteiger partial charge in [-0.05, 0) is 32.4 Å². The van der Waals surface area contributed by atoms with Gasteiger partial charge in [0.25, 0.3) is 0 Å². The summed E-state index contributed by atoms with van der Waals surface area (Å²) in [5.41, 5.74) is 2.04. The van der Waals surface area contributed by atoms with E-state index >= 15 is 0 Å². The van der Waals surface area contributed by atoms with Gasteiger partial charge >= 0.3 is 0 Å². The van der Waals surface area contributed by atoms with Crippen molar-refractivity contribution in [2.45, 2.75) is 46.1 Å². The molecule has 0 aliphatic carbocycles. The van der Waals surface area contributed by atoms with Crippen LogP contribution in [0.15, 0.2) is 18.2 Å². The maximum absolute atomic E-state index is 9.65. The molecule has 1 aromatic rings. The van der Waals surface area contributed by atoms with Gasteiger partial charge in [-0.25, -0.2) is 0 Å². The highest BCUT2D eigenvalue weighted by Crippen LogP contribution is 2.26.